The Labute approximate surface area is 80.6 Å². The highest BCUT2D eigenvalue weighted by Crippen LogP contribution is 2.05. The van der Waals surface area contributed by atoms with Gasteiger partial charge >= 0.3 is 5.97 Å². The van der Waals surface area contributed by atoms with E-state index in [9.17, 15) is 9.18 Å². The van der Waals surface area contributed by atoms with E-state index in [1.165, 1.54) is 12.3 Å². The average molecular weight is 193 g/mol. The number of pyridine rings is 1. The molecule has 0 aliphatic carbocycles. The standard InChI is InChI=1S/C10H8FNO2/c1-7-6-12-9(11)5-8(7)3-2-4-10(13)14/h5-6H,4H2,1H3,(H,13,14). The van der Waals surface area contributed by atoms with E-state index in [1.807, 2.05) is 0 Å². The van der Waals surface area contributed by atoms with Crippen molar-refractivity contribution in [2.45, 2.75) is 13.3 Å². The number of carboxylic acid groups (broad SMARTS) is 1. The molecule has 0 aliphatic heterocycles. The second-order valence-corrected chi connectivity index (χ2v) is 2.69. The molecule has 0 aliphatic rings. The molecule has 1 heterocycles. The summed E-state index contributed by atoms with van der Waals surface area (Å²) in [6.45, 7) is 1.73. The molecule has 1 aromatic rings. The van der Waals surface area contributed by atoms with Gasteiger partial charge in [-0.3, -0.25) is 4.79 Å². The third-order valence-electron chi connectivity index (χ3n) is 1.53. The fraction of sp³-hybridized carbons (Fsp3) is 0.200. The first kappa shape index (κ1) is 10.2. The van der Waals surface area contributed by atoms with Crippen molar-refractivity contribution >= 4 is 5.97 Å². The Morgan fingerprint density at radius 3 is 3.07 bits per heavy atom. The van der Waals surface area contributed by atoms with Gasteiger partial charge in [0.05, 0.1) is 0 Å². The van der Waals surface area contributed by atoms with Crippen LogP contribution in [0.25, 0.3) is 0 Å². The number of aryl methyl sites for hydroxylation is 1. The van der Waals surface area contributed by atoms with Gasteiger partial charge in [-0.2, -0.15) is 4.39 Å². The molecular weight excluding hydrogens is 185 g/mol. The Morgan fingerprint density at radius 1 is 1.71 bits per heavy atom. The van der Waals surface area contributed by atoms with Crippen LogP contribution in [0.15, 0.2) is 12.3 Å². The number of aromatic nitrogens is 1. The molecular formula is C10H8FNO2. The average Bonchev–Trinajstić information content (AvgIpc) is 2.10. The van der Waals surface area contributed by atoms with Gasteiger partial charge in [0.25, 0.3) is 0 Å². The van der Waals surface area contributed by atoms with Crippen LogP contribution in [0, 0.1) is 24.7 Å². The molecule has 0 radical (unpaired) electrons. The summed E-state index contributed by atoms with van der Waals surface area (Å²) in [5, 5.41) is 8.33. The third kappa shape index (κ3) is 2.87. The highest BCUT2D eigenvalue weighted by atomic mass is 19.1. The third-order valence-corrected chi connectivity index (χ3v) is 1.53. The van der Waals surface area contributed by atoms with E-state index in [-0.39, 0.29) is 6.42 Å². The summed E-state index contributed by atoms with van der Waals surface area (Å²) in [6.07, 6.45) is 1.11. The van der Waals surface area contributed by atoms with E-state index in [1.54, 1.807) is 6.92 Å². The second kappa shape index (κ2) is 4.38. The zero-order valence-electron chi connectivity index (χ0n) is 7.54. The van der Waals surface area contributed by atoms with Crippen molar-refractivity contribution in [2.75, 3.05) is 0 Å². The predicted octanol–water partition coefficient (Wildman–Crippen LogP) is 1.36. The summed E-state index contributed by atoms with van der Waals surface area (Å²) >= 11 is 0. The molecule has 14 heavy (non-hydrogen) atoms. The van der Waals surface area contributed by atoms with Crippen LogP contribution < -0.4 is 0 Å². The summed E-state index contributed by atoms with van der Waals surface area (Å²) < 4.78 is 12.6. The minimum atomic E-state index is -0.996. The van der Waals surface area contributed by atoms with Crippen LogP contribution in [-0.2, 0) is 4.79 Å². The molecule has 0 aromatic carbocycles. The normalized spacial score (nSPS) is 9.00. The van der Waals surface area contributed by atoms with Crippen molar-refractivity contribution in [3.05, 3.63) is 29.3 Å². The number of hydrogen-bond donors (Lipinski definition) is 1. The summed E-state index contributed by atoms with van der Waals surface area (Å²) in [7, 11) is 0. The van der Waals surface area contributed by atoms with Gasteiger partial charge in [-0.1, -0.05) is 11.8 Å². The highest BCUT2D eigenvalue weighted by molar-refractivity contribution is 5.70. The quantitative estimate of drug-likeness (QED) is 0.541. The van der Waals surface area contributed by atoms with Crippen LogP contribution in [0.1, 0.15) is 17.5 Å². The Morgan fingerprint density at radius 2 is 2.43 bits per heavy atom. The van der Waals surface area contributed by atoms with Crippen LogP contribution in [-0.4, -0.2) is 16.1 Å². The first-order chi connectivity index (χ1) is 6.59. The summed E-state index contributed by atoms with van der Waals surface area (Å²) in [4.78, 5) is 13.6. The second-order valence-electron chi connectivity index (χ2n) is 2.69. The van der Waals surface area contributed by atoms with E-state index in [0.717, 1.165) is 5.56 Å². The maximum atomic E-state index is 12.6. The van der Waals surface area contributed by atoms with E-state index < -0.39 is 11.9 Å². The molecule has 0 spiro atoms. The van der Waals surface area contributed by atoms with Crippen molar-refractivity contribution in [1.82, 2.24) is 4.98 Å². The molecule has 0 unspecified atom stereocenters. The van der Waals surface area contributed by atoms with Gasteiger partial charge in [-0.15, -0.1) is 0 Å². The molecule has 0 bridgehead atoms. The van der Waals surface area contributed by atoms with Crippen LogP contribution in [0.4, 0.5) is 4.39 Å². The minimum Gasteiger partial charge on any atom is -0.481 e. The van der Waals surface area contributed by atoms with Crippen molar-refractivity contribution in [3.63, 3.8) is 0 Å². The molecule has 0 saturated carbocycles. The lowest BCUT2D eigenvalue weighted by atomic mass is 10.1. The number of hydrogen-bond acceptors (Lipinski definition) is 2. The van der Waals surface area contributed by atoms with Crippen LogP contribution in [0.2, 0.25) is 0 Å². The molecule has 3 nitrogen and oxygen atoms in total. The van der Waals surface area contributed by atoms with Gasteiger partial charge in [0, 0.05) is 17.8 Å². The Bertz CT molecular complexity index is 418. The molecule has 1 rings (SSSR count). The molecule has 1 N–H and O–H groups in total. The van der Waals surface area contributed by atoms with E-state index in [0.29, 0.717) is 5.56 Å². The predicted molar refractivity (Wildman–Crippen MR) is 48.1 cm³/mol. The maximum Gasteiger partial charge on any atom is 0.315 e. The molecule has 0 fully saturated rings. The molecule has 4 heteroatoms. The summed E-state index contributed by atoms with van der Waals surface area (Å²) in [6, 6.07) is 1.18. The number of aliphatic carboxylic acids is 1. The lowest BCUT2D eigenvalue weighted by Crippen LogP contribution is -1.92. The Kier molecular flexibility index (Phi) is 3.19. The van der Waals surface area contributed by atoms with Crippen molar-refractivity contribution in [1.29, 1.82) is 0 Å². The van der Waals surface area contributed by atoms with E-state index >= 15 is 0 Å². The van der Waals surface area contributed by atoms with Gasteiger partial charge in [-0.25, -0.2) is 4.98 Å². The van der Waals surface area contributed by atoms with Gasteiger partial charge in [0.1, 0.15) is 6.42 Å². The van der Waals surface area contributed by atoms with Gasteiger partial charge in [-0.05, 0) is 12.5 Å². The fourth-order valence-electron chi connectivity index (χ4n) is 0.848. The lowest BCUT2D eigenvalue weighted by Gasteiger charge is -1.95. The van der Waals surface area contributed by atoms with Crippen LogP contribution in [0.5, 0.6) is 0 Å². The SMILES string of the molecule is Cc1cnc(F)cc1C#CCC(=O)O. The fourth-order valence-corrected chi connectivity index (χ4v) is 0.848. The minimum absolute atomic E-state index is 0.247. The number of rotatable bonds is 1. The van der Waals surface area contributed by atoms with Crippen molar-refractivity contribution in [3.8, 4) is 11.8 Å². The monoisotopic (exact) mass is 193 g/mol. The topological polar surface area (TPSA) is 50.2 Å². The first-order valence-corrected chi connectivity index (χ1v) is 3.92. The smallest absolute Gasteiger partial charge is 0.315 e. The number of halogens is 1. The summed E-state index contributed by atoms with van der Waals surface area (Å²) in [5.41, 5.74) is 1.20. The molecule has 0 amide bonds. The number of carbonyl (C=O) groups is 1. The number of carboxylic acids is 1. The van der Waals surface area contributed by atoms with Gasteiger partial charge in [0.15, 0.2) is 0 Å². The van der Waals surface area contributed by atoms with Gasteiger partial charge in [0.2, 0.25) is 5.95 Å². The zero-order valence-corrected chi connectivity index (χ0v) is 7.54. The van der Waals surface area contributed by atoms with Crippen molar-refractivity contribution < 1.29 is 14.3 Å². The van der Waals surface area contributed by atoms with Crippen molar-refractivity contribution in [2.24, 2.45) is 0 Å². The van der Waals surface area contributed by atoms with Gasteiger partial charge < -0.3 is 5.11 Å². The van der Waals surface area contributed by atoms with E-state index in [2.05, 4.69) is 16.8 Å². The van der Waals surface area contributed by atoms with E-state index in [4.69, 9.17) is 5.11 Å². The molecule has 0 atom stereocenters. The Balaban J connectivity index is 2.88. The van der Waals surface area contributed by atoms with Crippen LogP contribution >= 0.6 is 0 Å². The summed E-state index contributed by atoms with van der Waals surface area (Å²) in [5.74, 6) is 3.39. The molecule has 72 valence electrons. The maximum absolute atomic E-state index is 12.6. The number of nitrogens with zero attached hydrogens (tertiary/aromatic N) is 1. The molecule has 0 saturated heterocycles. The first-order valence-electron chi connectivity index (χ1n) is 3.92. The zero-order chi connectivity index (χ0) is 10.6. The largest absolute Gasteiger partial charge is 0.481 e. The molecule has 1 aromatic heterocycles. The highest BCUT2D eigenvalue weighted by Gasteiger charge is 1.97. The van der Waals surface area contributed by atoms with Crippen LogP contribution in [0.3, 0.4) is 0 Å². The lowest BCUT2D eigenvalue weighted by molar-refractivity contribution is -0.135. The Hall–Kier alpha value is -1.89.